The third-order valence-corrected chi connectivity index (χ3v) is 5.82. The van der Waals surface area contributed by atoms with Crippen molar-refractivity contribution in [2.24, 2.45) is 0 Å². The van der Waals surface area contributed by atoms with Crippen LogP contribution in [0.3, 0.4) is 0 Å². The number of nitrogens with one attached hydrogen (secondary N) is 2. The van der Waals surface area contributed by atoms with Crippen LogP contribution in [0, 0.1) is 13.8 Å². The average molecular weight is 492 g/mol. The maximum absolute atomic E-state index is 13.8. The minimum atomic E-state index is -1.25. The summed E-state index contributed by atoms with van der Waals surface area (Å²) < 4.78 is 5.28. The van der Waals surface area contributed by atoms with Gasteiger partial charge in [0.15, 0.2) is 0 Å². The fraction of sp³-hybridized carbons (Fsp3) is 0.667. The molecule has 1 rings (SSSR count). The normalized spacial score (nSPS) is 14.0. The van der Waals surface area contributed by atoms with Gasteiger partial charge in [-0.3, -0.25) is 9.59 Å². The highest BCUT2D eigenvalue weighted by Crippen LogP contribution is 2.29. The van der Waals surface area contributed by atoms with Gasteiger partial charge in [-0.2, -0.15) is 0 Å². The minimum Gasteiger partial charge on any atom is -0.444 e. The zero-order chi connectivity index (χ0) is 26.8. The fourth-order valence-electron chi connectivity index (χ4n) is 3.84. The van der Waals surface area contributed by atoms with Crippen LogP contribution in [-0.4, -0.2) is 58.8 Å². The summed E-state index contributed by atoms with van der Waals surface area (Å²) in [6, 6.07) is 3.28. The Labute approximate surface area is 210 Å². The number of hydrogen-bond donors (Lipinski definition) is 3. The second kappa shape index (κ2) is 14.1. The molecular weight excluding hydrogens is 446 g/mol. The predicted molar refractivity (Wildman–Crippen MR) is 138 cm³/mol. The first-order chi connectivity index (χ1) is 16.4. The van der Waals surface area contributed by atoms with Crippen LogP contribution in [0.25, 0.3) is 0 Å². The van der Waals surface area contributed by atoms with Crippen molar-refractivity contribution in [2.75, 3.05) is 13.2 Å². The smallest absolute Gasteiger partial charge is 0.408 e. The predicted octanol–water partition coefficient (Wildman–Crippen LogP) is 4.16. The van der Waals surface area contributed by atoms with E-state index in [1.165, 1.54) is 4.90 Å². The molecule has 3 unspecified atom stereocenters. The summed E-state index contributed by atoms with van der Waals surface area (Å²) >= 11 is 0. The van der Waals surface area contributed by atoms with Crippen LogP contribution in [0.1, 0.15) is 90.0 Å². The van der Waals surface area contributed by atoms with E-state index < -0.39 is 36.3 Å². The minimum absolute atomic E-state index is 0.282. The van der Waals surface area contributed by atoms with Gasteiger partial charge in [0.05, 0.1) is 6.61 Å². The molecule has 0 aromatic heterocycles. The summed E-state index contributed by atoms with van der Waals surface area (Å²) in [4.78, 5) is 41.2. The largest absolute Gasteiger partial charge is 0.444 e. The van der Waals surface area contributed by atoms with E-state index in [4.69, 9.17) is 4.74 Å². The Balaban J connectivity index is 3.42. The zero-order valence-electron chi connectivity index (χ0n) is 22.7. The van der Waals surface area contributed by atoms with Crippen LogP contribution >= 0.6 is 0 Å². The molecule has 0 radical (unpaired) electrons. The van der Waals surface area contributed by atoms with Gasteiger partial charge in [-0.25, -0.2) is 4.79 Å². The van der Waals surface area contributed by atoms with E-state index in [0.717, 1.165) is 30.4 Å². The number of alkyl carbamates (subject to hydrolysis) is 1. The van der Waals surface area contributed by atoms with Crippen molar-refractivity contribution >= 4 is 17.9 Å². The molecule has 3 N–H and O–H groups in total. The summed E-state index contributed by atoms with van der Waals surface area (Å²) in [6.07, 6.45) is 2.65. The Morgan fingerprint density at radius 3 is 2.29 bits per heavy atom. The van der Waals surface area contributed by atoms with Crippen molar-refractivity contribution in [3.63, 3.8) is 0 Å². The molecule has 3 amide bonds. The topological polar surface area (TPSA) is 108 Å². The summed E-state index contributed by atoms with van der Waals surface area (Å²) in [5.74, 6) is -0.822. The van der Waals surface area contributed by atoms with E-state index in [1.807, 2.05) is 45.9 Å². The molecule has 0 aliphatic heterocycles. The maximum atomic E-state index is 13.8. The highest BCUT2D eigenvalue weighted by Gasteiger charge is 2.38. The van der Waals surface area contributed by atoms with Gasteiger partial charge in [0, 0.05) is 12.6 Å². The molecule has 0 aliphatic carbocycles. The van der Waals surface area contributed by atoms with Crippen molar-refractivity contribution in [1.29, 1.82) is 0 Å². The van der Waals surface area contributed by atoms with Crippen LogP contribution in [-0.2, 0) is 14.3 Å². The third-order valence-electron chi connectivity index (χ3n) is 5.82. The molecule has 8 nitrogen and oxygen atoms in total. The Morgan fingerprint density at radius 2 is 1.77 bits per heavy atom. The highest BCUT2D eigenvalue weighted by atomic mass is 16.6. The molecule has 198 valence electrons. The number of carbonyl (C=O) groups excluding carboxylic acids is 3. The highest BCUT2D eigenvalue weighted by molar-refractivity contribution is 5.92. The van der Waals surface area contributed by atoms with Gasteiger partial charge in [0.25, 0.3) is 0 Å². The average Bonchev–Trinajstić information content (AvgIpc) is 2.77. The number of hydrogen-bond acceptors (Lipinski definition) is 5. The zero-order valence-corrected chi connectivity index (χ0v) is 22.7. The van der Waals surface area contributed by atoms with Gasteiger partial charge in [-0.1, -0.05) is 50.5 Å². The standard InChI is InChI=1S/C27H45N3O5/c1-9-11-12-15-28-24(32)23(21-14-13-18(3)16-19(21)4)30(20(5)10-2)25(33)22(17-31)29-26(34)35-27(6,7)8/h13-14,16,20,22-23,31H,9-12,15,17H2,1-8H3,(H,28,32)(H,29,34). The molecule has 0 saturated carbocycles. The SMILES string of the molecule is CCCCCNC(=O)C(c1ccc(C)cc1C)N(C(=O)C(CO)NC(=O)OC(C)(C)C)C(C)CC. The van der Waals surface area contributed by atoms with Gasteiger partial charge in [0.1, 0.15) is 17.7 Å². The molecule has 0 aliphatic rings. The Morgan fingerprint density at radius 1 is 1.11 bits per heavy atom. The van der Waals surface area contributed by atoms with Crippen molar-refractivity contribution in [3.05, 3.63) is 34.9 Å². The summed E-state index contributed by atoms with van der Waals surface area (Å²) in [5.41, 5.74) is 1.89. The molecule has 0 saturated heterocycles. The van der Waals surface area contributed by atoms with Crippen molar-refractivity contribution in [2.45, 2.75) is 105 Å². The molecule has 0 spiro atoms. The van der Waals surface area contributed by atoms with Crippen molar-refractivity contribution in [1.82, 2.24) is 15.5 Å². The Bertz CT molecular complexity index is 850. The lowest BCUT2D eigenvalue weighted by Crippen LogP contribution is -2.56. The number of nitrogens with zero attached hydrogens (tertiary/aromatic N) is 1. The Hall–Kier alpha value is -2.61. The van der Waals surface area contributed by atoms with Crippen LogP contribution in [0.4, 0.5) is 4.79 Å². The number of benzene rings is 1. The molecule has 0 fully saturated rings. The number of amides is 3. The van der Waals surface area contributed by atoms with Gasteiger partial charge >= 0.3 is 6.09 Å². The van der Waals surface area contributed by atoms with Gasteiger partial charge < -0.3 is 25.4 Å². The van der Waals surface area contributed by atoms with E-state index >= 15 is 0 Å². The second-order valence-electron chi connectivity index (χ2n) is 10.1. The van der Waals surface area contributed by atoms with Crippen LogP contribution in [0.5, 0.6) is 0 Å². The number of ether oxygens (including phenoxy) is 1. The number of unbranched alkanes of at least 4 members (excludes halogenated alkanes) is 2. The van der Waals surface area contributed by atoms with Crippen LogP contribution < -0.4 is 10.6 Å². The summed E-state index contributed by atoms with van der Waals surface area (Å²) in [5, 5.41) is 15.5. The number of aliphatic hydroxyl groups is 1. The number of aryl methyl sites for hydroxylation is 2. The lowest BCUT2D eigenvalue weighted by Gasteiger charge is -2.38. The van der Waals surface area contributed by atoms with Crippen molar-refractivity contribution < 1.29 is 24.2 Å². The first-order valence-corrected chi connectivity index (χ1v) is 12.6. The maximum Gasteiger partial charge on any atom is 0.408 e. The number of rotatable bonds is 12. The van der Waals surface area contributed by atoms with Crippen molar-refractivity contribution in [3.8, 4) is 0 Å². The molecule has 1 aromatic rings. The van der Waals surface area contributed by atoms with E-state index in [0.29, 0.717) is 18.5 Å². The third kappa shape index (κ3) is 9.51. The van der Waals surface area contributed by atoms with Crippen LogP contribution in [0.15, 0.2) is 18.2 Å². The summed E-state index contributed by atoms with van der Waals surface area (Å²) in [6.45, 7) is 14.8. The first kappa shape index (κ1) is 30.4. The van der Waals surface area contributed by atoms with Crippen LogP contribution in [0.2, 0.25) is 0 Å². The number of carbonyl (C=O) groups is 3. The lowest BCUT2D eigenvalue weighted by molar-refractivity contribution is -0.145. The molecule has 3 atom stereocenters. The summed E-state index contributed by atoms with van der Waals surface area (Å²) in [7, 11) is 0. The quantitative estimate of drug-likeness (QED) is 0.381. The molecule has 35 heavy (non-hydrogen) atoms. The van der Waals surface area contributed by atoms with Gasteiger partial charge in [-0.15, -0.1) is 0 Å². The van der Waals surface area contributed by atoms with E-state index in [2.05, 4.69) is 17.6 Å². The second-order valence-corrected chi connectivity index (χ2v) is 10.1. The molecule has 8 heteroatoms. The van der Waals surface area contributed by atoms with E-state index in [-0.39, 0.29) is 11.9 Å². The van der Waals surface area contributed by atoms with Gasteiger partial charge in [0.2, 0.25) is 11.8 Å². The molecule has 1 aromatic carbocycles. The Kier molecular flexibility index (Phi) is 12.2. The van der Waals surface area contributed by atoms with E-state index in [9.17, 15) is 19.5 Å². The fourth-order valence-corrected chi connectivity index (χ4v) is 3.84. The molecular formula is C27H45N3O5. The van der Waals surface area contributed by atoms with Gasteiger partial charge in [-0.05, 0) is 65.5 Å². The molecule has 0 bridgehead atoms. The first-order valence-electron chi connectivity index (χ1n) is 12.6. The molecule has 0 heterocycles. The van der Waals surface area contributed by atoms with E-state index in [1.54, 1.807) is 20.8 Å². The number of aliphatic hydroxyl groups excluding tert-OH is 1. The monoisotopic (exact) mass is 491 g/mol. The lowest BCUT2D eigenvalue weighted by atomic mass is 9.95.